The number of amides is 1. The van der Waals surface area contributed by atoms with Crippen molar-refractivity contribution in [3.8, 4) is 0 Å². The molecule has 0 aromatic carbocycles. The second-order valence-electron chi connectivity index (χ2n) is 5.36. The lowest BCUT2D eigenvalue weighted by Crippen LogP contribution is -2.27. The average molecular weight is 261 g/mol. The van der Waals surface area contributed by atoms with E-state index in [-0.39, 0.29) is 18.3 Å². The largest absolute Gasteiger partial charge is 0.353 e. The first-order chi connectivity index (χ1) is 7.79. The number of carbonyl (C=O) groups excluding carboxylic acids is 1. The molecule has 0 bridgehead atoms. The van der Waals surface area contributed by atoms with Crippen LogP contribution in [0.15, 0.2) is 0 Å². The minimum Gasteiger partial charge on any atom is -0.353 e. The summed E-state index contributed by atoms with van der Waals surface area (Å²) in [6, 6.07) is 0.508. The summed E-state index contributed by atoms with van der Waals surface area (Å²) in [7, 11) is 0. The fourth-order valence-corrected chi connectivity index (χ4v) is 2.69. The van der Waals surface area contributed by atoms with E-state index in [9.17, 15) is 4.79 Å². The van der Waals surface area contributed by atoms with Gasteiger partial charge in [-0.2, -0.15) is 0 Å². The summed E-state index contributed by atoms with van der Waals surface area (Å²) >= 11 is 0. The van der Waals surface area contributed by atoms with Crippen molar-refractivity contribution in [2.45, 2.75) is 51.5 Å². The van der Waals surface area contributed by atoms with E-state index in [2.05, 4.69) is 17.6 Å². The van der Waals surface area contributed by atoms with E-state index in [1.165, 1.54) is 25.7 Å². The monoisotopic (exact) mass is 260 g/mol. The Morgan fingerprint density at radius 1 is 1.41 bits per heavy atom. The van der Waals surface area contributed by atoms with Gasteiger partial charge >= 0.3 is 0 Å². The molecule has 0 aromatic rings. The second-order valence-corrected chi connectivity index (χ2v) is 5.36. The maximum Gasteiger partial charge on any atom is 0.220 e. The van der Waals surface area contributed by atoms with E-state index in [1.807, 2.05) is 0 Å². The molecule has 2 fully saturated rings. The van der Waals surface area contributed by atoms with Gasteiger partial charge < -0.3 is 10.6 Å². The molecule has 0 aromatic heterocycles. The van der Waals surface area contributed by atoms with Crippen LogP contribution in [0.25, 0.3) is 0 Å². The number of halogens is 1. The van der Waals surface area contributed by atoms with E-state index >= 15 is 0 Å². The van der Waals surface area contributed by atoms with Crippen molar-refractivity contribution in [1.29, 1.82) is 0 Å². The van der Waals surface area contributed by atoms with Crippen LogP contribution >= 0.6 is 12.4 Å². The van der Waals surface area contributed by atoms with E-state index < -0.39 is 0 Å². The van der Waals surface area contributed by atoms with Gasteiger partial charge in [-0.25, -0.2) is 0 Å². The van der Waals surface area contributed by atoms with Gasteiger partial charge in [-0.05, 0) is 50.6 Å². The van der Waals surface area contributed by atoms with Crippen LogP contribution in [-0.4, -0.2) is 25.0 Å². The maximum absolute atomic E-state index is 11.7. The number of nitrogens with one attached hydrogen (secondary N) is 2. The molecule has 2 rings (SSSR count). The van der Waals surface area contributed by atoms with Crippen molar-refractivity contribution in [2.75, 3.05) is 13.1 Å². The summed E-state index contributed by atoms with van der Waals surface area (Å²) < 4.78 is 0. The third-order valence-corrected chi connectivity index (χ3v) is 3.87. The average Bonchev–Trinajstić information content (AvgIpc) is 2.82. The number of carbonyl (C=O) groups is 1. The van der Waals surface area contributed by atoms with Crippen molar-refractivity contribution >= 4 is 18.3 Å². The summed E-state index contributed by atoms with van der Waals surface area (Å²) in [4.78, 5) is 11.7. The van der Waals surface area contributed by atoms with Gasteiger partial charge in [0.1, 0.15) is 0 Å². The predicted octanol–water partition coefficient (Wildman–Crippen LogP) is 2.10. The van der Waals surface area contributed by atoms with Crippen LogP contribution in [0.1, 0.15) is 45.4 Å². The zero-order valence-electron chi connectivity index (χ0n) is 10.7. The van der Waals surface area contributed by atoms with Gasteiger partial charge in [0.2, 0.25) is 5.91 Å². The molecule has 17 heavy (non-hydrogen) atoms. The molecule has 3 unspecified atom stereocenters. The smallest absolute Gasteiger partial charge is 0.220 e. The molecule has 0 radical (unpaired) electrons. The van der Waals surface area contributed by atoms with Gasteiger partial charge in [-0.1, -0.05) is 13.3 Å². The highest BCUT2D eigenvalue weighted by Crippen LogP contribution is 2.34. The Balaban J connectivity index is 0.00000144. The lowest BCUT2D eigenvalue weighted by atomic mass is 10.0. The summed E-state index contributed by atoms with van der Waals surface area (Å²) in [6.07, 6.45) is 6.76. The molecule has 1 heterocycles. The second kappa shape index (κ2) is 7.22. The Bertz CT molecular complexity index is 242. The van der Waals surface area contributed by atoms with Crippen LogP contribution in [0.2, 0.25) is 0 Å². The minimum absolute atomic E-state index is 0. The Morgan fingerprint density at radius 3 is 2.88 bits per heavy atom. The normalized spacial score (nSPS) is 30.8. The predicted molar refractivity (Wildman–Crippen MR) is 72.4 cm³/mol. The molecule has 3 atom stereocenters. The molecule has 3 nitrogen and oxygen atoms in total. The van der Waals surface area contributed by atoms with Crippen molar-refractivity contribution < 1.29 is 4.79 Å². The van der Waals surface area contributed by atoms with E-state index in [0.29, 0.717) is 6.04 Å². The SMILES string of the molecule is CCCC1CC1NC(=O)CCC1CCNC1.Cl. The highest BCUT2D eigenvalue weighted by atomic mass is 35.5. The molecule has 2 N–H and O–H groups in total. The van der Waals surface area contributed by atoms with Crippen LogP contribution in [-0.2, 0) is 4.79 Å². The lowest BCUT2D eigenvalue weighted by Gasteiger charge is -2.08. The summed E-state index contributed by atoms with van der Waals surface area (Å²) in [5, 5.41) is 6.49. The molecule has 4 heteroatoms. The molecule has 2 aliphatic rings. The number of rotatable bonds is 6. The highest BCUT2D eigenvalue weighted by molar-refractivity contribution is 5.85. The van der Waals surface area contributed by atoms with Gasteiger partial charge in [0.25, 0.3) is 0 Å². The zero-order chi connectivity index (χ0) is 11.4. The first kappa shape index (κ1) is 14.8. The van der Waals surface area contributed by atoms with Crippen LogP contribution in [0, 0.1) is 11.8 Å². The molecule has 100 valence electrons. The van der Waals surface area contributed by atoms with Crippen molar-refractivity contribution in [2.24, 2.45) is 11.8 Å². The van der Waals surface area contributed by atoms with Crippen LogP contribution in [0.4, 0.5) is 0 Å². The lowest BCUT2D eigenvalue weighted by molar-refractivity contribution is -0.121. The van der Waals surface area contributed by atoms with Gasteiger partial charge in [0, 0.05) is 12.5 Å². The third-order valence-electron chi connectivity index (χ3n) is 3.87. The zero-order valence-corrected chi connectivity index (χ0v) is 11.5. The summed E-state index contributed by atoms with van der Waals surface area (Å²) in [6.45, 7) is 4.45. The fraction of sp³-hybridized carbons (Fsp3) is 0.923. The molecule has 1 saturated heterocycles. The summed E-state index contributed by atoms with van der Waals surface area (Å²) in [5.41, 5.74) is 0. The maximum atomic E-state index is 11.7. The van der Waals surface area contributed by atoms with Crippen LogP contribution in [0.5, 0.6) is 0 Å². The van der Waals surface area contributed by atoms with Gasteiger partial charge in [0.05, 0.1) is 0 Å². The van der Waals surface area contributed by atoms with Gasteiger partial charge in [-0.15, -0.1) is 12.4 Å². The fourth-order valence-electron chi connectivity index (χ4n) is 2.69. The molecular weight excluding hydrogens is 236 g/mol. The molecule has 1 saturated carbocycles. The Morgan fingerprint density at radius 2 is 2.24 bits per heavy atom. The highest BCUT2D eigenvalue weighted by Gasteiger charge is 2.36. The van der Waals surface area contributed by atoms with Crippen LogP contribution < -0.4 is 10.6 Å². The number of hydrogen-bond acceptors (Lipinski definition) is 2. The summed E-state index contributed by atoms with van der Waals surface area (Å²) in [5.74, 6) is 1.79. The van der Waals surface area contributed by atoms with Gasteiger partial charge in [0.15, 0.2) is 0 Å². The third kappa shape index (κ3) is 4.84. The van der Waals surface area contributed by atoms with Crippen molar-refractivity contribution in [3.05, 3.63) is 0 Å². The van der Waals surface area contributed by atoms with Crippen LogP contribution in [0.3, 0.4) is 0 Å². The number of hydrogen-bond donors (Lipinski definition) is 2. The van der Waals surface area contributed by atoms with Crippen molar-refractivity contribution in [1.82, 2.24) is 10.6 Å². The molecular formula is C13H25ClN2O. The first-order valence-electron chi connectivity index (χ1n) is 6.79. The molecule has 0 spiro atoms. The minimum atomic E-state index is 0. The van der Waals surface area contributed by atoms with Crippen molar-refractivity contribution in [3.63, 3.8) is 0 Å². The molecule has 1 aliphatic carbocycles. The van der Waals surface area contributed by atoms with Gasteiger partial charge in [-0.3, -0.25) is 4.79 Å². The molecule has 1 aliphatic heterocycles. The quantitative estimate of drug-likeness (QED) is 0.768. The Labute approximate surface area is 111 Å². The first-order valence-corrected chi connectivity index (χ1v) is 6.79. The molecule has 1 amide bonds. The van der Waals surface area contributed by atoms with E-state index in [1.54, 1.807) is 0 Å². The standard InChI is InChI=1S/C13H24N2O.ClH/c1-2-3-11-8-12(11)15-13(16)5-4-10-6-7-14-9-10;/h10-12,14H,2-9H2,1H3,(H,15,16);1H. The Hall–Kier alpha value is -0.280. The topological polar surface area (TPSA) is 41.1 Å². The Kier molecular flexibility index (Phi) is 6.28. The van der Waals surface area contributed by atoms with E-state index in [0.717, 1.165) is 37.8 Å². The van der Waals surface area contributed by atoms with E-state index in [4.69, 9.17) is 0 Å².